The molecule has 1 rings (SSSR count). The molecule has 1 aromatic rings. The minimum Gasteiger partial charge on any atom is -0.452 e. The summed E-state index contributed by atoms with van der Waals surface area (Å²) in [6, 6.07) is 6.42. The van der Waals surface area contributed by atoms with Gasteiger partial charge in [0.2, 0.25) is 5.91 Å². The number of hydrogen-bond acceptors (Lipinski definition) is 4. The number of benzene rings is 1. The molecule has 0 fully saturated rings. The van der Waals surface area contributed by atoms with Crippen molar-refractivity contribution in [1.29, 1.82) is 0 Å². The molecule has 2 amide bonds. The normalized spacial score (nSPS) is 9.95. The second kappa shape index (κ2) is 9.04. The maximum absolute atomic E-state index is 12.0. The van der Waals surface area contributed by atoms with Crippen LogP contribution in [-0.2, 0) is 14.3 Å². The molecule has 0 spiro atoms. The third kappa shape index (κ3) is 5.37. The molecule has 0 aromatic heterocycles. The van der Waals surface area contributed by atoms with Crippen LogP contribution in [0.2, 0.25) is 5.02 Å². The Labute approximate surface area is 134 Å². The van der Waals surface area contributed by atoms with Crippen LogP contribution < -0.4 is 5.32 Å². The summed E-state index contributed by atoms with van der Waals surface area (Å²) in [5.74, 6) is -1.36. The van der Waals surface area contributed by atoms with E-state index in [0.29, 0.717) is 13.1 Å². The molecular weight excluding hydrogens is 308 g/mol. The standard InChI is InChI=1S/C15H19ClN2O4/c1-3-17-13(19)9-18(4-2)14(20)10-22-15(21)11-7-5-6-8-12(11)16/h5-8H,3-4,9-10H2,1-2H3,(H,17,19). The van der Waals surface area contributed by atoms with Gasteiger partial charge < -0.3 is 15.0 Å². The summed E-state index contributed by atoms with van der Waals surface area (Å²) in [6.07, 6.45) is 0. The zero-order chi connectivity index (χ0) is 16.5. The van der Waals surface area contributed by atoms with Gasteiger partial charge in [0.25, 0.3) is 5.91 Å². The van der Waals surface area contributed by atoms with E-state index >= 15 is 0 Å². The summed E-state index contributed by atoms with van der Waals surface area (Å²) < 4.78 is 4.95. The number of nitrogens with one attached hydrogen (secondary N) is 1. The molecule has 0 heterocycles. The van der Waals surface area contributed by atoms with Crippen molar-refractivity contribution in [1.82, 2.24) is 10.2 Å². The molecular formula is C15H19ClN2O4. The lowest BCUT2D eigenvalue weighted by Gasteiger charge is -2.20. The average Bonchev–Trinajstić information content (AvgIpc) is 2.50. The van der Waals surface area contributed by atoms with E-state index in [4.69, 9.17) is 16.3 Å². The van der Waals surface area contributed by atoms with Crippen LogP contribution in [0, 0.1) is 0 Å². The van der Waals surface area contributed by atoms with E-state index in [1.165, 1.54) is 11.0 Å². The topological polar surface area (TPSA) is 75.7 Å². The molecule has 0 aliphatic heterocycles. The van der Waals surface area contributed by atoms with Crippen LogP contribution in [0.4, 0.5) is 0 Å². The van der Waals surface area contributed by atoms with E-state index in [0.717, 1.165) is 0 Å². The fourth-order valence-corrected chi connectivity index (χ4v) is 1.94. The van der Waals surface area contributed by atoms with Crippen LogP contribution in [0.3, 0.4) is 0 Å². The number of carbonyl (C=O) groups is 3. The molecule has 0 radical (unpaired) electrons. The van der Waals surface area contributed by atoms with E-state index < -0.39 is 18.5 Å². The van der Waals surface area contributed by atoms with Crippen LogP contribution in [0.1, 0.15) is 24.2 Å². The molecule has 0 saturated heterocycles. The van der Waals surface area contributed by atoms with Gasteiger partial charge in [-0.3, -0.25) is 9.59 Å². The first kappa shape index (κ1) is 18.0. The van der Waals surface area contributed by atoms with Crippen LogP contribution >= 0.6 is 11.6 Å². The Hall–Kier alpha value is -2.08. The first-order valence-electron chi connectivity index (χ1n) is 6.95. The van der Waals surface area contributed by atoms with Crippen LogP contribution in [0.15, 0.2) is 24.3 Å². The quantitative estimate of drug-likeness (QED) is 0.770. The van der Waals surface area contributed by atoms with Crippen molar-refractivity contribution in [3.05, 3.63) is 34.9 Å². The molecule has 22 heavy (non-hydrogen) atoms. The van der Waals surface area contributed by atoms with Crippen molar-refractivity contribution in [3.8, 4) is 0 Å². The molecule has 6 nitrogen and oxygen atoms in total. The third-order valence-electron chi connectivity index (χ3n) is 2.86. The smallest absolute Gasteiger partial charge is 0.340 e. The summed E-state index contributed by atoms with van der Waals surface area (Å²) >= 11 is 5.88. The third-order valence-corrected chi connectivity index (χ3v) is 3.19. The van der Waals surface area contributed by atoms with Crippen LogP contribution in [-0.4, -0.2) is 48.9 Å². The van der Waals surface area contributed by atoms with Crippen molar-refractivity contribution in [2.24, 2.45) is 0 Å². The van der Waals surface area contributed by atoms with Gasteiger partial charge in [0.1, 0.15) is 0 Å². The largest absolute Gasteiger partial charge is 0.452 e. The number of nitrogens with zero attached hydrogens (tertiary/aromatic N) is 1. The zero-order valence-electron chi connectivity index (χ0n) is 12.6. The fraction of sp³-hybridized carbons (Fsp3) is 0.400. The van der Waals surface area contributed by atoms with Gasteiger partial charge in [-0.05, 0) is 26.0 Å². The molecule has 0 aliphatic carbocycles. The number of carbonyl (C=O) groups excluding carboxylic acids is 3. The van der Waals surface area contributed by atoms with Gasteiger partial charge in [0, 0.05) is 13.1 Å². The molecule has 0 saturated carbocycles. The van der Waals surface area contributed by atoms with E-state index in [2.05, 4.69) is 5.32 Å². The number of hydrogen-bond donors (Lipinski definition) is 1. The van der Waals surface area contributed by atoms with Crippen molar-refractivity contribution in [3.63, 3.8) is 0 Å². The Bertz CT molecular complexity index is 548. The van der Waals surface area contributed by atoms with Crippen molar-refractivity contribution in [2.45, 2.75) is 13.8 Å². The highest BCUT2D eigenvalue weighted by Gasteiger charge is 2.18. The van der Waals surface area contributed by atoms with Gasteiger partial charge in [0.15, 0.2) is 6.61 Å². The molecule has 7 heteroatoms. The lowest BCUT2D eigenvalue weighted by atomic mass is 10.2. The Morgan fingerprint density at radius 3 is 2.50 bits per heavy atom. The second-order valence-corrected chi connectivity index (χ2v) is 4.82. The number of rotatable bonds is 7. The van der Waals surface area contributed by atoms with Crippen molar-refractivity contribution >= 4 is 29.4 Å². The molecule has 0 atom stereocenters. The molecule has 0 bridgehead atoms. The Morgan fingerprint density at radius 2 is 1.91 bits per heavy atom. The summed E-state index contributed by atoms with van der Waals surface area (Å²) in [5.41, 5.74) is 0.198. The van der Waals surface area contributed by atoms with Crippen LogP contribution in [0.5, 0.6) is 0 Å². The number of amides is 2. The maximum atomic E-state index is 12.0. The number of halogens is 1. The second-order valence-electron chi connectivity index (χ2n) is 4.42. The first-order chi connectivity index (χ1) is 10.5. The lowest BCUT2D eigenvalue weighted by Crippen LogP contribution is -2.42. The summed E-state index contributed by atoms with van der Waals surface area (Å²) in [4.78, 5) is 36.6. The maximum Gasteiger partial charge on any atom is 0.340 e. The van der Waals surface area contributed by atoms with Gasteiger partial charge >= 0.3 is 5.97 Å². The lowest BCUT2D eigenvalue weighted by molar-refractivity contribution is -0.138. The predicted octanol–water partition coefficient (Wildman–Crippen LogP) is 1.48. The van der Waals surface area contributed by atoms with Gasteiger partial charge in [0.05, 0.1) is 17.1 Å². The van der Waals surface area contributed by atoms with E-state index in [1.54, 1.807) is 32.0 Å². The highest BCUT2D eigenvalue weighted by atomic mass is 35.5. The van der Waals surface area contributed by atoms with E-state index in [-0.39, 0.29) is 23.0 Å². The minimum absolute atomic E-state index is 0.0627. The van der Waals surface area contributed by atoms with Crippen molar-refractivity contribution < 1.29 is 19.1 Å². The number of esters is 1. The van der Waals surface area contributed by atoms with Crippen molar-refractivity contribution in [2.75, 3.05) is 26.2 Å². The highest BCUT2D eigenvalue weighted by Crippen LogP contribution is 2.15. The predicted molar refractivity (Wildman–Crippen MR) is 82.7 cm³/mol. The Kier molecular flexibility index (Phi) is 7.39. The SMILES string of the molecule is CCNC(=O)CN(CC)C(=O)COC(=O)c1ccccc1Cl. The summed E-state index contributed by atoms with van der Waals surface area (Å²) in [5, 5.41) is 2.86. The van der Waals surface area contributed by atoms with E-state index in [9.17, 15) is 14.4 Å². The molecule has 1 aromatic carbocycles. The molecule has 0 unspecified atom stereocenters. The summed E-state index contributed by atoms with van der Waals surface area (Å²) in [7, 11) is 0. The minimum atomic E-state index is -0.673. The van der Waals surface area contributed by atoms with Gasteiger partial charge in [-0.1, -0.05) is 23.7 Å². The van der Waals surface area contributed by atoms with Crippen LogP contribution in [0.25, 0.3) is 0 Å². The summed E-state index contributed by atoms with van der Waals surface area (Å²) in [6.45, 7) is 3.88. The highest BCUT2D eigenvalue weighted by molar-refractivity contribution is 6.33. The monoisotopic (exact) mass is 326 g/mol. The molecule has 120 valence electrons. The number of ether oxygens (including phenoxy) is 1. The fourth-order valence-electron chi connectivity index (χ4n) is 1.73. The number of likely N-dealkylation sites (N-methyl/N-ethyl adjacent to an activating group) is 2. The van der Waals surface area contributed by atoms with Gasteiger partial charge in [-0.2, -0.15) is 0 Å². The van der Waals surface area contributed by atoms with Gasteiger partial charge in [-0.15, -0.1) is 0 Å². The average molecular weight is 327 g/mol. The van der Waals surface area contributed by atoms with E-state index in [1.807, 2.05) is 0 Å². The molecule has 1 N–H and O–H groups in total. The Morgan fingerprint density at radius 1 is 1.23 bits per heavy atom. The zero-order valence-corrected chi connectivity index (χ0v) is 13.4. The molecule has 0 aliphatic rings. The van der Waals surface area contributed by atoms with Gasteiger partial charge in [-0.25, -0.2) is 4.79 Å². The Balaban J connectivity index is 2.55. The first-order valence-corrected chi connectivity index (χ1v) is 7.33.